The van der Waals surface area contributed by atoms with Gasteiger partial charge in [-0.2, -0.15) is 0 Å². The number of para-hydroxylation sites is 2. The van der Waals surface area contributed by atoms with Crippen LogP contribution >= 0.6 is 0 Å². The summed E-state index contributed by atoms with van der Waals surface area (Å²) in [5, 5.41) is 1.23. The van der Waals surface area contributed by atoms with E-state index in [0.717, 1.165) is 12.1 Å². The maximum Gasteiger partial charge on any atom is 0.222 e. The smallest absolute Gasteiger partial charge is 0.222 e. The van der Waals surface area contributed by atoms with Crippen LogP contribution in [0.2, 0.25) is 0 Å². The van der Waals surface area contributed by atoms with Crippen molar-refractivity contribution in [2.75, 3.05) is 7.05 Å². The second-order valence-electron chi connectivity index (χ2n) is 5.87. The highest BCUT2D eigenvalue weighted by Gasteiger charge is 2.31. The summed E-state index contributed by atoms with van der Waals surface area (Å²) in [5.41, 5.74) is 3.58. The minimum Gasteiger partial charge on any atom is -0.339 e. The van der Waals surface area contributed by atoms with Gasteiger partial charge in [0.05, 0.1) is 11.6 Å². The number of likely N-dealkylation sites (tertiary alicyclic amines) is 1. The molecule has 1 unspecified atom stereocenters. The summed E-state index contributed by atoms with van der Waals surface area (Å²) < 4.78 is 2.22. The Balaban J connectivity index is 1.92. The molecule has 110 valence electrons. The Kier molecular flexibility index (Phi) is 3.00. The third-order valence-corrected chi connectivity index (χ3v) is 4.63. The molecule has 4 rings (SSSR count). The first-order valence-corrected chi connectivity index (χ1v) is 7.67. The van der Waals surface area contributed by atoms with Gasteiger partial charge in [-0.25, -0.2) is 0 Å². The highest BCUT2D eigenvalue weighted by molar-refractivity contribution is 5.88. The number of carbonyl (C=O) groups is 1. The lowest BCUT2D eigenvalue weighted by atomic mass is 10.0. The Morgan fingerprint density at radius 3 is 2.45 bits per heavy atom. The predicted molar refractivity (Wildman–Crippen MR) is 88.0 cm³/mol. The van der Waals surface area contributed by atoms with Crippen molar-refractivity contribution in [3.63, 3.8) is 0 Å². The van der Waals surface area contributed by atoms with E-state index in [-0.39, 0.29) is 11.9 Å². The second-order valence-corrected chi connectivity index (χ2v) is 5.87. The van der Waals surface area contributed by atoms with Crippen LogP contribution in [0, 0.1) is 0 Å². The molecular formula is C19H18N2O. The van der Waals surface area contributed by atoms with Gasteiger partial charge in [0.2, 0.25) is 5.91 Å². The first-order valence-electron chi connectivity index (χ1n) is 7.67. The van der Waals surface area contributed by atoms with Crippen molar-refractivity contribution in [3.8, 4) is 5.69 Å². The molecule has 1 aliphatic rings. The van der Waals surface area contributed by atoms with Gasteiger partial charge in [0.25, 0.3) is 0 Å². The maximum absolute atomic E-state index is 11.9. The second kappa shape index (κ2) is 5.02. The zero-order valence-corrected chi connectivity index (χ0v) is 12.6. The zero-order valence-electron chi connectivity index (χ0n) is 12.6. The lowest BCUT2D eigenvalue weighted by Crippen LogP contribution is -2.22. The van der Waals surface area contributed by atoms with Gasteiger partial charge in [0.15, 0.2) is 0 Å². The predicted octanol–water partition coefficient (Wildman–Crippen LogP) is 3.92. The number of amides is 1. The van der Waals surface area contributed by atoms with E-state index in [4.69, 9.17) is 0 Å². The molecule has 3 heteroatoms. The lowest BCUT2D eigenvalue weighted by Gasteiger charge is -2.19. The summed E-state index contributed by atoms with van der Waals surface area (Å²) in [5.74, 6) is 0.238. The molecule has 0 aliphatic carbocycles. The summed E-state index contributed by atoms with van der Waals surface area (Å²) in [7, 11) is 1.91. The molecule has 1 atom stereocenters. The highest BCUT2D eigenvalue weighted by atomic mass is 16.2. The minimum atomic E-state index is 0.183. The van der Waals surface area contributed by atoms with Crippen LogP contribution in [-0.2, 0) is 4.79 Å². The number of aromatic nitrogens is 1. The molecule has 1 aliphatic heterocycles. The first kappa shape index (κ1) is 13.1. The topological polar surface area (TPSA) is 25.2 Å². The Morgan fingerprint density at radius 1 is 1.00 bits per heavy atom. The van der Waals surface area contributed by atoms with Gasteiger partial charge in [-0.15, -0.1) is 0 Å². The van der Waals surface area contributed by atoms with Gasteiger partial charge in [0.1, 0.15) is 0 Å². The van der Waals surface area contributed by atoms with E-state index < -0.39 is 0 Å². The van der Waals surface area contributed by atoms with Gasteiger partial charge in [-0.05, 0) is 24.6 Å². The van der Waals surface area contributed by atoms with Crippen LogP contribution in [0.4, 0.5) is 0 Å². The zero-order chi connectivity index (χ0) is 15.1. The minimum absolute atomic E-state index is 0.183. The monoisotopic (exact) mass is 290 g/mol. The molecule has 1 saturated heterocycles. The van der Waals surface area contributed by atoms with Crippen molar-refractivity contribution in [2.24, 2.45) is 0 Å². The van der Waals surface area contributed by atoms with E-state index in [1.54, 1.807) is 0 Å². The fourth-order valence-electron chi connectivity index (χ4n) is 3.44. The normalized spacial score (nSPS) is 18.3. The largest absolute Gasteiger partial charge is 0.339 e. The average molecular weight is 290 g/mol. The Hall–Kier alpha value is -2.55. The molecule has 0 N–H and O–H groups in total. The summed E-state index contributed by atoms with van der Waals surface area (Å²) >= 11 is 0. The molecule has 0 spiro atoms. The number of nitrogens with zero attached hydrogens (tertiary/aromatic N) is 2. The lowest BCUT2D eigenvalue weighted by molar-refractivity contribution is -0.127. The van der Waals surface area contributed by atoms with Crippen molar-refractivity contribution in [1.82, 2.24) is 9.47 Å². The van der Waals surface area contributed by atoms with Crippen LogP contribution in [-0.4, -0.2) is 22.4 Å². The van der Waals surface area contributed by atoms with Crippen molar-refractivity contribution >= 4 is 16.8 Å². The Labute approximate surface area is 129 Å². The fraction of sp³-hybridized carbons (Fsp3) is 0.211. The van der Waals surface area contributed by atoms with Crippen molar-refractivity contribution in [3.05, 3.63) is 66.4 Å². The highest BCUT2D eigenvalue weighted by Crippen LogP contribution is 2.37. The summed E-state index contributed by atoms with van der Waals surface area (Å²) in [4.78, 5) is 13.8. The molecule has 3 aromatic rings. The molecule has 0 saturated carbocycles. The van der Waals surface area contributed by atoms with Gasteiger partial charge in [-0.3, -0.25) is 4.79 Å². The van der Waals surface area contributed by atoms with E-state index in [2.05, 4.69) is 59.3 Å². The van der Waals surface area contributed by atoms with Crippen LogP contribution in [0.1, 0.15) is 24.4 Å². The SMILES string of the molecule is CN1C(=O)CCC1c1cn(-c2ccccc2)c2ccccc12. The van der Waals surface area contributed by atoms with Crippen LogP contribution in [0.15, 0.2) is 60.8 Å². The van der Waals surface area contributed by atoms with E-state index in [9.17, 15) is 4.79 Å². The maximum atomic E-state index is 11.9. The number of fused-ring (bicyclic) bond motifs is 1. The molecule has 1 fully saturated rings. The van der Waals surface area contributed by atoms with Gasteiger partial charge in [0, 0.05) is 36.3 Å². The molecule has 0 radical (unpaired) electrons. The summed E-state index contributed by atoms with van der Waals surface area (Å²) in [6.45, 7) is 0. The Morgan fingerprint density at radius 2 is 1.73 bits per heavy atom. The van der Waals surface area contributed by atoms with E-state index in [1.807, 2.05) is 18.0 Å². The number of hydrogen-bond acceptors (Lipinski definition) is 1. The standard InChI is InChI=1S/C19H18N2O/c1-20-17(11-12-19(20)22)16-13-21(14-7-3-2-4-8-14)18-10-6-5-9-15(16)18/h2-10,13,17H,11-12H2,1H3. The van der Waals surface area contributed by atoms with Crippen molar-refractivity contribution in [1.29, 1.82) is 0 Å². The van der Waals surface area contributed by atoms with Crippen LogP contribution in [0.25, 0.3) is 16.6 Å². The van der Waals surface area contributed by atoms with Crippen LogP contribution in [0.3, 0.4) is 0 Å². The average Bonchev–Trinajstić information content (AvgIpc) is 3.10. The fourth-order valence-corrected chi connectivity index (χ4v) is 3.44. The molecular weight excluding hydrogens is 272 g/mol. The molecule has 0 bridgehead atoms. The van der Waals surface area contributed by atoms with Crippen molar-refractivity contribution < 1.29 is 4.79 Å². The van der Waals surface area contributed by atoms with Crippen LogP contribution < -0.4 is 0 Å². The first-order chi connectivity index (χ1) is 10.8. The molecule has 1 aromatic heterocycles. The number of rotatable bonds is 2. The third kappa shape index (κ3) is 1.93. The molecule has 2 aromatic carbocycles. The van der Waals surface area contributed by atoms with E-state index in [0.29, 0.717) is 6.42 Å². The quantitative estimate of drug-likeness (QED) is 0.702. The molecule has 3 nitrogen and oxygen atoms in total. The van der Waals surface area contributed by atoms with Crippen molar-refractivity contribution in [2.45, 2.75) is 18.9 Å². The van der Waals surface area contributed by atoms with Gasteiger partial charge in [-0.1, -0.05) is 36.4 Å². The Bertz CT molecular complexity index is 835. The van der Waals surface area contributed by atoms with Crippen LogP contribution in [0.5, 0.6) is 0 Å². The van der Waals surface area contributed by atoms with Gasteiger partial charge >= 0.3 is 0 Å². The summed E-state index contributed by atoms with van der Waals surface area (Å²) in [6.07, 6.45) is 3.74. The molecule has 22 heavy (non-hydrogen) atoms. The third-order valence-electron chi connectivity index (χ3n) is 4.63. The summed E-state index contributed by atoms with van der Waals surface area (Å²) in [6, 6.07) is 19.0. The number of carbonyl (C=O) groups excluding carboxylic acids is 1. The van der Waals surface area contributed by atoms with Gasteiger partial charge < -0.3 is 9.47 Å². The molecule has 1 amide bonds. The number of benzene rings is 2. The van der Waals surface area contributed by atoms with E-state index in [1.165, 1.54) is 16.5 Å². The number of hydrogen-bond donors (Lipinski definition) is 0. The molecule has 2 heterocycles. The van der Waals surface area contributed by atoms with E-state index >= 15 is 0 Å².